The van der Waals surface area contributed by atoms with Crippen LogP contribution < -0.4 is 0 Å². The number of aromatic nitrogens is 5. The van der Waals surface area contributed by atoms with Crippen molar-refractivity contribution in [2.24, 2.45) is 0 Å². The summed E-state index contributed by atoms with van der Waals surface area (Å²) in [4.78, 5) is 16.4. The summed E-state index contributed by atoms with van der Waals surface area (Å²) in [5.41, 5.74) is 9.61. The zero-order chi connectivity index (χ0) is 35.8. The molecule has 7 heteroatoms. The maximum Gasteiger partial charge on any atom is 0.302 e. The van der Waals surface area contributed by atoms with Crippen LogP contribution in [0.25, 0.3) is 22.5 Å². The first-order valence-electron chi connectivity index (χ1n) is 17.8. The van der Waals surface area contributed by atoms with Crippen molar-refractivity contribution in [3.63, 3.8) is 0 Å². The van der Waals surface area contributed by atoms with Crippen LogP contribution >= 0.6 is 0 Å². The third kappa shape index (κ3) is 6.90. The summed E-state index contributed by atoms with van der Waals surface area (Å²) in [5, 5.41) is 13.8. The Morgan fingerprint density at radius 3 is 1.87 bits per heavy atom. The Labute approximate surface area is 305 Å². The van der Waals surface area contributed by atoms with E-state index < -0.39 is 5.54 Å². The third-order valence-electron chi connectivity index (χ3n) is 9.62. The SMILES string of the molecule is CCCCc1nccc(COC(C)=O)c1Cc1ccc(-c2ccccc2-c2nnnn2C(c2ccccc2)(c2ccccc2)c2ccccc2)cc1. The van der Waals surface area contributed by atoms with Crippen molar-refractivity contribution in [1.29, 1.82) is 0 Å². The number of carbonyl (C=O) groups excluding carboxylic acids is 1. The first kappa shape index (κ1) is 34.2. The smallest absolute Gasteiger partial charge is 0.302 e. The van der Waals surface area contributed by atoms with E-state index in [1.165, 1.54) is 6.92 Å². The number of esters is 1. The van der Waals surface area contributed by atoms with Gasteiger partial charge in [-0.1, -0.05) is 153 Å². The van der Waals surface area contributed by atoms with Crippen molar-refractivity contribution < 1.29 is 9.53 Å². The van der Waals surface area contributed by atoms with Gasteiger partial charge in [-0.15, -0.1) is 5.10 Å². The van der Waals surface area contributed by atoms with Crippen molar-refractivity contribution in [3.8, 4) is 22.5 Å². The van der Waals surface area contributed by atoms with Crippen molar-refractivity contribution in [1.82, 2.24) is 25.2 Å². The Balaban J connectivity index is 1.31. The minimum absolute atomic E-state index is 0.239. The molecule has 0 spiro atoms. The predicted molar refractivity (Wildman–Crippen MR) is 204 cm³/mol. The molecule has 7 aromatic rings. The average molecular weight is 684 g/mol. The van der Waals surface area contributed by atoms with Crippen molar-refractivity contribution >= 4 is 5.97 Å². The molecule has 0 unspecified atom stereocenters. The van der Waals surface area contributed by atoms with Crippen LogP contribution in [-0.4, -0.2) is 31.2 Å². The van der Waals surface area contributed by atoms with Gasteiger partial charge in [-0.05, 0) is 80.3 Å². The minimum Gasteiger partial charge on any atom is -0.461 e. The lowest BCUT2D eigenvalue weighted by molar-refractivity contribution is -0.142. The fourth-order valence-corrected chi connectivity index (χ4v) is 7.09. The van der Waals surface area contributed by atoms with E-state index in [2.05, 4.69) is 127 Å². The topological polar surface area (TPSA) is 82.8 Å². The van der Waals surface area contributed by atoms with E-state index in [9.17, 15) is 4.79 Å². The van der Waals surface area contributed by atoms with Gasteiger partial charge in [0.05, 0.1) is 0 Å². The van der Waals surface area contributed by atoms with E-state index >= 15 is 0 Å². The Kier molecular flexibility index (Phi) is 10.4. The van der Waals surface area contributed by atoms with Crippen LogP contribution in [-0.2, 0) is 34.5 Å². The molecule has 52 heavy (non-hydrogen) atoms. The first-order chi connectivity index (χ1) is 25.6. The molecule has 2 heterocycles. The molecule has 0 fully saturated rings. The van der Waals surface area contributed by atoms with E-state index in [1.54, 1.807) is 0 Å². The first-order valence-corrected chi connectivity index (χ1v) is 17.8. The number of ether oxygens (including phenoxy) is 1. The number of rotatable bonds is 13. The highest BCUT2D eigenvalue weighted by Crippen LogP contribution is 2.43. The Hall–Kier alpha value is -6.21. The summed E-state index contributed by atoms with van der Waals surface area (Å²) < 4.78 is 7.40. The molecule has 0 aliphatic heterocycles. The molecular weight excluding hydrogens is 643 g/mol. The molecule has 0 atom stereocenters. The second kappa shape index (κ2) is 15.8. The molecule has 258 valence electrons. The van der Waals surface area contributed by atoms with Crippen LogP contribution in [0, 0.1) is 0 Å². The van der Waals surface area contributed by atoms with Gasteiger partial charge >= 0.3 is 5.97 Å². The van der Waals surface area contributed by atoms with E-state index in [0.29, 0.717) is 12.2 Å². The van der Waals surface area contributed by atoms with Gasteiger partial charge in [-0.2, -0.15) is 0 Å². The number of hydrogen-bond donors (Lipinski definition) is 0. The summed E-state index contributed by atoms with van der Waals surface area (Å²) in [5.74, 6) is 0.364. The third-order valence-corrected chi connectivity index (χ3v) is 9.62. The van der Waals surface area contributed by atoms with E-state index in [0.717, 1.165) is 75.0 Å². The minimum atomic E-state index is -0.859. The maximum atomic E-state index is 11.7. The lowest BCUT2D eigenvalue weighted by Crippen LogP contribution is -2.39. The van der Waals surface area contributed by atoms with E-state index in [1.807, 2.05) is 41.2 Å². The van der Waals surface area contributed by atoms with Crippen molar-refractivity contribution in [2.45, 2.75) is 51.7 Å². The summed E-state index contributed by atoms with van der Waals surface area (Å²) in [6, 6.07) is 50.3. The summed E-state index contributed by atoms with van der Waals surface area (Å²) in [6.07, 6.45) is 5.53. The number of tetrazole rings is 1. The van der Waals surface area contributed by atoms with Crippen molar-refractivity contribution in [3.05, 3.63) is 191 Å². The number of pyridine rings is 1. The standard InChI is InChI=1S/C45H41N5O2/c1-3-4-24-43-42(36(29-30-46-43)32-52-33(2)51)31-34-25-27-35(28-26-34)40-22-14-15-23-41(40)44-47-48-49-50(44)45(37-16-8-5-9-17-37,38-18-10-6-11-19-38)39-20-12-7-13-21-39/h5-23,25-30H,3-4,24,31-32H2,1-2H3. The number of aryl methyl sites for hydroxylation is 1. The monoisotopic (exact) mass is 683 g/mol. The lowest BCUT2D eigenvalue weighted by atomic mass is 9.77. The molecule has 5 aromatic carbocycles. The second-order valence-corrected chi connectivity index (χ2v) is 12.9. The number of benzene rings is 5. The molecule has 7 nitrogen and oxygen atoms in total. The van der Waals surface area contributed by atoms with E-state index in [-0.39, 0.29) is 12.6 Å². The number of carbonyl (C=O) groups is 1. The highest BCUT2D eigenvalue weighted by Gasteiger charge is 2.42. The van der Waals surface area contributed by atoms with Gasteiger partial charge in [-0.3, -0.25) is 9.78 Å². The molecule has 0 saturated carbocycles. The van der Waals surface area contributed by atoms with Gasteiger partial charge in [-0.25, -0.2) is 4.68 Å². The predicted octanol–water partition coefficient (Wildman–Crippen LogP) is 9.24. The number of hydrogen-bond acceptors (Lipinski definition) is 6. The number of unbranched alkanes of at least 4 members (excludes halogenated alkanes) is 1. The summed E-state index contributed by atoms with van der Waals surface area (Å²) in [7, 11) is 0. The largest absolute Gasteiger partial charge is 0.461 e. The molecule has 0 saturated heterocycles. The molecule has 0 aliphatic rings. The highest BCUT2D eigenvalue weighted by molar-refractivity contribution is 5.81. The van der Waals surface area contributed by atoms with E-state index in [4.69, 9.17) is 20.0 Å². The Morgan fingerprint density at radius 2 is 1.29 bits per heavy atom. The molecule has 7 rings (SSSR count). The zero-order valence-corrected chi connectivity index (χ0v) is 29.5. The van der Waals surface area contributed by atoms with Gasteiger partial charge in [0.25, 0.3) is 0 Å². The quantitative estimate of drug-likeness (QED) is 0.0890. The van der Waals surface area contributed by atoms with Crippen molar-refractivity contribution in [2.75, 3.05) is 0 Å². The Morgan fingerprint density at radius 1 is 0.712 bits per heavy atom. The van der Waals surface area contributed by atoms with Gasteiger partial charge in [0, 0.05) is 24.4 Å². The maximum absolute atomic E-state index is 11.7. The normalized spacial score (nSPS) is 11.3. The molecular formula is C45H41N5O2. The highest BCUT2D eigenvalue weighted by atomic mass is 16.5. The van der Waals surface area contributed by atoms with Gasteiger partial charge < -0.3 is 4.74 Å². The second-order valence-electron chi connectivity index (χ2n) is 12.9. The van der Waals surface area contributed by atoms with Crippen LogP contribution in [0.15, 0.2) is 152 Å². The van der Waals surface area contributed by atoms with Crippen LogP contribution in [0.1, 0.15) is 65.8 Å². The summed E-state index contributed by atoms with van der Waals surface area (Å²) >= 11 is 0. The van der Waals surface area contributed by atoms with Crippen LogP contribution in [0.2, 0.25) is 0 Å². The molecule has 0 amide bonds. The van der Waals surface area contributed by atoms with Gasteiger partial charge in [0.2, 0.25) is 0 Å². The van der Waals surface area contributed by atoms with Gasteiger partial charge in [0.15, 0.2) is 5.82 Å². The van der Waals surface area contributed by atoms with Gasteiger partial charge in [0.1, 0.15) is 12.1 Å². The summed E-state index contributed by atoms with van der Waals surface area (Å²) in [6.45, 7) is 3.87. The molecule has 2 aromatic heterocycles. The molecule has 0 bridgehead atoms. The van der Waals surface area contributed by atoms with Crippen LogP contribution in [0.4, 0.5) is 0 Å². The molecule has 0 radical (unpaired) electrons. The average Bonchev–Trinajstić information content (AvgIpc) is 3.69. The van der Waals surface area contributed by atoms with Crippen LogP contribution in [0.3, 0.4) is 0 Å². The fraction of sp³-hybridized carbons (Fsp3) is 0.178. The number of nitrogens with zero attached hydrogens (tertiary/aromatic N) is 5. The molecule has 0 aliphatic carbocycles. The fourth-order valence-electron chi connectivity index (χ4n) is 7.09. The van der Waals surface area contributed by atoms with Crippen LogP contribution in [0.5, 0.6) is 0 Å². The lowest BCUT2D eigenvalue weighted by Gasteiger charge is -2.36. The Bertz CT molecular complexity index is 2140. The molecule has 0 N–H and O–H groups in total. The zero-order valence-electron chi connectivity index (χ0n) is 29.5.